The van der Waals surface area contributed by atoms with Crippen molar-refractivity contribution in [2.45, 2.75) is 42.7 Å². The van der Waals surface area contributed by atoms with Gasteiger partial charge in [-0.2, -0.15) is 13.2 Å². The predicted octanol–water partition coefficient (Wildman–Crippen LogP) is 2.45. The van der Waals surface area contributed by atoms with Gasteiger partial charge in [0, 0.05) is 5.92 Å². The van der Waals surface area contributed by atoms with Crippen LogP contribution in [0.1, 0.15) is 31.7 Å². The molecule has 116 valence electrons. The highest BCUT2D eigenvalue weighted by atomic mass is 32.2. The lowest BCUT2D eigenvalue weighted by atomic mass is 9.82. The summed E-state index contributed by atoms with van der Waals surface area (Å²) in [6.45, 7) is 3.20. The Morgan fingerprint density at radius 1 is 1.45 bits per heavy atom. The number of rotatable bonds is 5. The maximum Gasteiger partial charge on any atom is 0.414 e. The SMILES string of the molecule is CC[C@H](C)[C@@H](c1ccsc1S(N)(=O)=O)C(O)C(F)(F)F. The van der Waals surface area contributed by atoms with Gasteiger partial charge in [-0.05, 0) is 22.9 Å². The van der Waals surface area contributed by atoms with Crippen LogP contribution in [0.3, 0.4) is 0 Å². The van der Waals surface area contributed by atoms with E-state index in [4.69, 9.17) is 5.14 Å². The number of hydrogen-bond donors (Lipinski definition) is 2. The molecule has 20 heavy (non-hydrogen) atoms. The third-order valence-corrected chi connectivity index (χ3v) is 5.67. The summed E-state index contributed by atoms with van der Waals surface area (Å²) in [5.41, 5.74) is -0.0725. The molecule has 0 aliphatic rings. The summed E-state index contributed by atoms with van der Waals surface area (Å²) in [5.74, 6) is -1.92. The average Bonchev–Trinajstić information content (AvgIpc) is 2.76. The zero-order valence-corrected chi connectivity index (χ0v) is 12.5. The molecule has 0 spiro atoms. The van der Waals surface area contributed by atoms with Gasteiger partial charge in [-0.15, -0.1) is 11.3 Å². The van der Waals surface area contributed by atoms with Gasteiger partial charge in [0.15, 0.2) is 6.10 Å². The maximum absolute atomic E-state index is 12.8. The van der Waals surface area contributed by atoms with Crippen molar-refractivity contribution in [3.05, 3.63) is 17.0 Å². The first kappa shape index (κ1) is 17.4. The fraction of sp³-hybridized carbons (Fsp3) is 0.636. The summed E-state index contributed by atoms with van der Waals surface area (Å²) >= 11 is 0.749. The summed E-state index contributed by atoms with van der Waals surface area (Å²) in [7, 11) is -4.12. The Balaban J connectivity index is 3.37. The van der Waals surface area contributed by atoms with Crippen molar-refractivity contribution in [2.24, 2.45) is 11.1 Å². The van der Waals surface area contributed by atoms with E-state index in [1.165, 1.54) is 18.4 Å². The standard InChI is InChI=1S/C11H16F3NO3S2/c1-3-6(2)8(9(16)11(12,13)14)7-4-5-19-10(7)20(15,17)18/h4-6,8-9,16H,3H2,1-2H3,(H2,15,17,18)/t6-,8-,9?/m0/s1. The molecular weight excluding hydrogens is 315 g/mol. The van der Waals surface area contributed by atoms with Crippen LogP contribution in [-0.4, -0.2) is 25.8 Å². The molecule has 0 saturated heterocycles. The molecule has 1 aromatic heterocycles. The van der Waals surface area contributed by atoms with E-state index < -0.39 is 34.1 Å². The Morgan fingerprint density at radius 2 is 2.00 bits per heavy atom. The molecule has 0 radical (unpaired) electrons. The van der Waals surface area contributed by atoms with E-state index in [9.17, 15) is 26.7 Å². The Hall–Kier alpha value is -0.640. The molecule has 0 amide bonds. The molecule has 0 aromatic carbocycles. The zero-order valence-electron chi connectivity index (χ0n) is 10.9. The predicted molar refractivity (Wildman–Crippen MR) is 70.0 cm³/mol. The molecule has 3 N–H and O–H groups in total. The molecule has 0 aliphatic carbocycles. The number of alkyl halides is 3. The van der Waals surface area contributed by atoms with E-state index in [-0.39, 0.29) is 9.77 Å². The van der Waals surface area contributed by atoms with Crippen molar-refractivity contribution in [1.82, 2.24) is 0 Å². The highest BCUT2D eigenvalue weighted by molar-refractivity contribution is 7.91. The average molecular weight is 331 g/mol. The third kappa shape index (κ3) is 3.72. The van der Waals surface area contributed by atoms with Crippen LogP contribution in [0.5, 0.6) is 0 Å². The smallest absolute Gasteiger partial charge is 0.383 e. The second-order valence-corrected chi connectivity index (χ2v) is 7.28. The maximum atomic E-state index is 12.8. The second kappa shape index (κ2) is 6.00. The van der Waals surface area contributed by atoms with Gasteiger partial charge in [0.2, 0.25) is 10.0 Å². The van der Waals surface area contributed by atoms with E-state index >= 15 is 0 Å². The first-order valence-corrected chi connectivity index (χ1v) is 8.27. The van der Waals surface area contributed by atoms with Crippen LogP contribution in [0, 0.1) is 5.92 Å². The van der Waals surface area contributed by atoms with Crippen molar-refractivity contribution < 1.29 is 26.7 Å². The van der Waals surface area contributed by atoms with Crippen molar-refractivity contribution in [1.29, 1.82) is 0 Å². The van der Waals surface area contributed by atoms with E-state index in [0.29, 0.717) is 6.42 Å². The number of aliphatic hydroxyl groups excluding tert-OH is 1. The summed E-state index contributed by atoms with van der Waals surface area (Å²) in [4.78, 5) is 0. The van der Waals surface area contributed by atoms with Crippen LogP contribution in [0.4, 0.5) is 13.2 Å². The highest BCUT2D eigenvalue weighted by Crippen LogP contribution is 2.41. The molecule has 1 aromatic rings. The molecule has 0 bridgehead atoms. The van der Waals surface area contributed by atoms with Gasteiger partial charge >= 0.3 is 6.18 Å². The van der Waals surface area contributed by atoms with E-state index in [1.54, 1.807) is 6.92 Å². The Labute approximate surface area is 119 Å². The zero-order chi connectivity index (χ0) is 15.7. The van der Waals surface area contributed by atoms with E-state index in [0.717, 1.165) is 11.3 Å². The van der Waals surface area contributed by atoms with Gasteiger partial charge in [0.1, 0.15) is 4.21 Å². The summed E-state index contributed by atoms with van der Waals surface area (Å²) < 4.78 is 60.9. The highest BCUT2D eigenvalue weighted by Gasteiger charge is 2.46. The quantitative estimate of drug-likeness (QED) is 0.869. The fourth-order valence-corrected chi connectivity index (χ4v) is 3.94. The molecule has 0 aliphatic heterocycles. The number of sulfonamides is 1. The van der Waals surface area contributed by atoms with E-state index in [2.05, 4.69) is 0 Å². The van der Waals surface area contributed by atoms with Crippen molar-refractivity contribution >= 4 is 21.4 Å². The molecule has 0 saturated carbocycles. The second-order valence-electron chi connectivity index (χ2n) is 4.61. The summed E-state index contributed by atoms with van der Waals surface area (Å²) in [5, 5.41) is 15.9. The fourth-order valence-electron chi connectivity index (χ4n) is 2.03. The molecule has 1 unspecified atom stereocenters. The Bertz CT molecular complexity index is 554. The normalized spacial score (nSPS) is 17.8. The first-order chi connectivity index (χ1) is 9.00. The minimum atomic E-state index is -4.83. The largest absolute Gasteiger partial charge is 0.414 e. The Morgan fingerprint density at radius 3 is 2.40 bits per heavy atom. The third-order valence-electron chi connectivity index (χ3n) is 3.21. The van der Waals surface area contributed by atoms with Crippen LogP contribution >= 0.6 is 11.3 Å². The molecule has 9 heteroatoms. The number of halogens is 3. The van der Waals surface area contributed by atoms with Crippen molar-refractivity contribution in [3.63, 3.8) is 0 Å². The van der Waals surface area contributed by atoms with Gasteiger partial charge < -0.3 is 5.11 Å². The number of aliphatic hydroxyl groups is 1. The number of hydrogen-bond acceptors (Lipinski definition) is 4. The van der Waals surface area contributed by atoms with Crippen LogP contribution in [-0.2, 0) is 10.0 Å². The lowest BCUT2D eigenvalue weighted by molar-refractivity contribution is -0.214. The van der Waals surface area contributed by atoms with Gasteiger partial charge in [0.05, 0.1) is 0 Å². The lowest BCUT2D eigenvalue weighted by Crippen LogP contribution is -2.38. The van der Waals surface area contributed by atoms with Crippen LogP contribution < -0.4 is 5.14 Å². The first-order valence-electron chi connectivity index (χ1n) is 5.85. The molecular formula is C11H16F3NO3S2. The summed E-state index contributed by atoms with van der Waals surface area (Å²) in [6, 6.07) is 1.27. The van der Waals surface area contributed by atoms with Crippen molar-refractivity contribution in [2.75, 3.05) is 0 Å². The van der Waals surface area contributed by atoms with Crippen molar-refractivity contribution in [3.8, 4) is 0 Å². The van der Waals surface area contributed by atoms with Crippen LogP contribution in [0.2, 0.25) is 0 Å². The van der Waals surface area contributed by atoms with Crippen LogP contribution in [0.25, 0.3) is 0 Å². The molecule has 0 fully saturated rings. The van der Waals surface area contributed by atoms with E-state index in [1.807, 2.05) is 0 Å². The van der Waals surface area contributed by atoms with Gasteiger partial charge in [-0.1, -0.05) is 20.3 Å². The summed E-state index contributed by atoms with van der Waals surface area (Å²) in [6.07, 6.45) is -7.10. The molecule has 1 heterocycles. The topological polar surface area (TPSA) is 80.4 Å². The Kier molecular flexibility index (Phi) is 5.23. The minimum Gasteiger partial charge on any atom is -0.383 e. The molecule has 3 atom stereocenters. The number of thiophene rings is 1. The van der Waals surface area contributed by atoms with Gasteiger partial charge in [-0.25, -0.2) is 13.6 Å². The van der Waals surface area contributed by atoms with Gasteiger partial charge in [0.25, 0.3) is 0 Å². The number of nitrogens with two attached hydrogens (primary N) is 1. The van der Waals surface area contributed by atoms with Crippen LogP contribution in [0.15, 0.2) is 15.7 Å². The monoisotopic (exact) mass is 331 g/mol. The number of primary sulfonamides is 1. The molecule has 1 rings (SSSR count). The molecule has 4 nitrogen and oxygen atoms in total. The van der Waals surface area contributed by atoms with Gasteiger partial charge in [-0.3, -0.25) is 0 Å². The lowest BCUT2D eigenvalue weighted by Gasteiger charge is -2.29. The minimum absolute atomic E-state index is 0.0725.